The van der Waals surface area contributed by atoms with Gasteiger partial charge in [-0.05, 0) is 49.4 Å². The Hall–Kier alpha value is -0.0400. The first-order valence-electron chi connectivity index (χ1n) is 4.54. The van der Waals surface area contributed by atoms with Crippen LogP contribution in [0.3, 0.4) is 0 Å². The second-order valence-corrected chi connectivity index (χ2v) is 4.39. The fourth-order valence-corrected chi connectivity index (χ4v) is 3.71. The fourth-order valence-electron chi connectivity index (χ4n) is 3.71. The average molecular weight is 138 g/mol. The molecule has 5 atom stereocenters. The average Bonchev–Trinajstić information content (AvgIpc) is 2.41. The van der Waals surface area contributed by atoms with Gasteiger partial charge in [0.05, 0.1) is 6.10 Å². The van der Waals surface area contributed by atoms with Crippen LogP contribution in [0.2, 0.25) is 0 Å². The van der Waals surface area contributed by atoms with Crippen molar-refractivity contribution in [3.8, 4) is 0 Å². The van der Waals surface area contributed by atoms with Crippen molar-refractivity contribution in [2.24, 2.45) is 23.7 Å². The molecule has 4 aliphatic rings. The SMILES string of the molecule is O[C@H]1[C@@H]2CC[C@H]3C[C@@H]2C[C@H]31. The summed E-state index contributed by atoms with van der Waals surface area (Å²) in [5.41, 5.74) is 0. The van der Waals surface area contributed by atoms with E-state index >= 15 is 0 Å². The van der Waals surface area contributed by atoms with Gasteiger partial charge in [-0.1, -0.05) is 0 Å². The monoisotopic (exact) mass is 138 g/mol. The Labute approximate surface area is 61.4 Å². The number of aliphatic hydroxyl groups is 1. The first-order valence-corrected chi connectivity index (χ1v) is 4.54. The predicted octanol–water partition coefficient (Wildman–Crippen LogP) is 1.41. The summed E-state index contributed by atoms with van der Waals surface area (Å²) in [7, 11) is 0. The van der Waals surface area contributed by atoms with E-state index in [1.54, 1.807) is 0 Å². The van der Waals surface area contributed by atoms with Crippen LogP contribution in [-0.4, -0.2) is 11.2 Å². The molecule has 0 spiro atoms. The van der Waals surface area contributed by atoms with Crippen LogP contribution in [0.1, 0.15) is 25.7 Å². The molecule has 0 aromatic rings. The minimum Gasteiger partial charge on any atom is -0.393 e. The van der Waals surface area contributed by atoms with Gasteiger partial charge in [0.2, 0.25) is 0 Å². The van der Waals surface area contributed by atoms with Crippen LogP contribution < -0.4 is 0 Å². The maximum atomic E-state index is 9.71. The van der Waals surface area contributed by atoms with Gasteiger partial charge in [-0.15, -0.1) is 0 Å². The van der Waals surface area contributed by atoms with Crippen LogP contribution in [0.15, 0.2) is 0 Å². The third-order valence-corrected chi connectivity index (χ3v) is 4.14. The lowest BCUT2D eigenvalue weighted by Gasteiger charge is -2.39. The first kappa shape index (κ1) is 5.59. The summed E-state index contributed by atoms with van der Waals surface area (Å²) in [6.45, 7) is 0. The lowest BCUT2D eigenvalue weighted by atomic mass is 9.69. The highest BCUT2D eigenvalue weighted by Gasteiger charge is 2.54. The minimum absolute atomic E-state index is 0.109. The summed E-state index contributed by atoms with van der Waals surface area (Å²) in [4.78, 5) is 0. The molecule has 0 aromatic heterocycles. The Morgan fingerprint density at radius 3 is 2.30 bits per heavy atom. The summed E-state index contributed by atoms with van der Waals surface area (Å²) >= 11 is 0. The van der Waals surface area contributed by atoms with Gasteiger partial charge in [-0.2, -0.15) is 0 Å². The smallest absolute Gasteiger partial charge is 0.0601 e. The first-order chi connectivity index (χ1) is 4.86. The van der Waals surface area contributed by atoms with Crippen molar-refractivity contribution in [2.45, 2.75) is 31.8 Å². The van der Waals surface area contributed by atoms with E-state index < -0.39 is 0 Å². The van der Waals surface area contributed by atoms with Crippen LogP contribution in [0, 0.1) is 23.7 Å². The van der Waals surface area contributed by atoms with Crippen LogP contribution >= 0.6 is 0 Å². The van der Waals surface area contributed by atoms with Gasteiger partial charge in [0.15, 0.2) is 0 Å². The summed E-state index contributed by atoms with van der Waals surface area (Å²) in [5.74, 6) is 3.29. The molecule has 1 nitrogen and oxygen atoms in total. The molecule has 0 heterocycles. The van der Waals surface area contributed by atoms with E-state index in [-0.39, 0.29) is 6.10 Å². The molecule has 4 aliphatic carbocycles. The number of rotatable bonds is 0. The van der Waals surface area contributed by atoms with Crippen molar-refractivity contribution in [1.29, 1.82) is 0 Å². The van der Waals surface area contributed by atoms with Crippen molar-refractivity contribution in [2.75, 3.05) is 0 Å². The summed E-state index contributed by atoms with van der Waals surface area (Å²) < 4.78 is 0. The van der Waals surface area contributed by atoms with Crippen molar-refractivity contribution < 1.29 is 5.11 Å². The van der Waals surface area contributed by atoms with Crippen LogP contribution in [-0.2, 0) is 0 Å². The van der Waals surface area contributed by atoms with E-state index in [1.807, 2.05) is 0 Å². The van der Waals surface area contributed by atoms with Gasteiger partial charge in [0, 0.05) is 0 Å². The van der Waals surface area contributed by atoms with Crippen LogP contribution in [0.4, 0.5) is 0 Å². The molecule has 4 saturated carbocycles. The van der Waals surface area contributed by atoms with Crippen molar-refractivity contribution in [1.82, 2.24) is 0 Å². The minimum atomic E-state index is 0.109. The highest BCUT2D eigenvalue weighted by atomic mass is 16.3. The molecule has 0 unspecified atom stereocenters. The van der Waals surface area contributed by atoms with Gasteiger partial charge in [-0.3, -0.25) is 0 Å². The Balaban J connectivity index is 2.01. The standard InChI is InChI=1S/C9H14O/c10-9-7-2-1-5-3-6(7)4-8(5)9/h5-10H,1-4H2/t5-,6+,7+,8+,9-/m0/s1. The van der Waals surface area contributed by atoms with E-state index in [2.05, 4.69) is 0 Å². The number of hydrogen-bond acceptors (Lipinski definition) is 1. The quantitative estimate of drug-likeness (QED) is 0.536. The molecule has 0 aromatic carbocycles. The van der Waals surface area contributed by atoms with Crippen LogP contribution in [0.25, 0.3) is 0 Å². The van der Waals surface area contributed by atoms with E-state index in [0.29, 0.717) is 0 Å². The molecule has 0 aliphatic heterocycles. The zero-order valence-electron chi connectivity index (χ0n) is 6.16. The van der Waals surface area contributed by atoms with Crippen molar-refractivity contribution >= 4 is 0 Å². The molecule has 4 bridgehead atoms. The number of fused-ring (bicyclic) bond motifs is 1. The van der Waals surface area contributed by atoms with E-state index in [0.717, 1.165) is 23.7 Å². The molecular weight excluding hydrogens is 124 g/mol. The molecule has 1 N–H and O–H groups in total. The van der Waals surface area contributed by atoms with Gasteiger partial charge >= 0.3 is 0 Å². The highest BCUT2D eigenvalue weighted by molar-refractivity contribution is 5.04. The summed E-state index contributed by atoms with van der Waals surface area (Å²) in [6.07, 6.45) is 5.66. The number of hydrogen-bond donors (Lipinski definition) is 1. The Morgan fingerprint density at radius 2 is 1.80 bits per heavy atom. The molecular formula is C9H14O. The predicted molar refractivity (Wildman–Crippen MR) is 38.4 cm³/mol. The second-order valence-electron chi connectivity index (χ2n) is 4.39. The highest BCUT2D eigenvalue weighted by Crippen LogP contribution is 2.59. The molecule has 4 rings (SSSR count). The lowest BCUT2D eigenvalue weighted by Crippen LogP contribution is -2.37. The topological polar surface area (TPSA) is 20.2 Å². The van der Waals surface area contributed by atoms with Crippen molar-refractivity contribution in [3.63, 3.8) is 0 Å². The molecule has 4 fully saturated rings. The largest absolute Gasteiger partial charge is 0.393 e. The van der Waals surface area contributed by atoms with E-state index in [1.165, 1.54) is 25.7 Å². The third kappa shape index (κ3) is 0.460. The van der Waals surface area contributed by atoms with Crippen molar-refractivity contribution in [3.05, 3.63) is 0 Å². The van der Waals surface area contributed by atoms with Gasteiger partial charge in [0.25, 0.3) is 0 Å². The number of aliphatic hydroxyl groups excluding tert-OH is 1. The van der Waals surface area contributed by atoms with Gasteiger partial charge in [-0.25, -0.2) is 0 Å². The molecule has 0 radical (unpaired) electrons. The molecule has 10 heavy (non-hydrogen) atoms. The van der Waals surface area contributed by atoms with Gasteiger partial charge < -0.3 is 5.11 Å². The second kappa shape index (κ2) is 1.58. The van der Waals surface area contributed by atoms with Crippen LogP contribution in [0.5, 0.6) is 0 Å². The normalized spacial score (nSPS) is 63.9. The Morgan fingerprint density at radius 1 is 0.900 bits per heavy atom. The molecule has 1 heteroatoms. The maximum Gasteiger partial charge on any atom is 0.0601 e. The molecule has 0 saturated heterocycles. The fraction of sp³-hybridized carbons (Fsp3) is 1.00. The Bertz CT molecular complexity index is 156. The summed E-state index contributed by atoms with van der Waals surface area (Å²) in [5, 5.41) is 9.71. The lowest BCUT2D eigenvalue weighted by molar-refractivity contribution is -0.0104. The zero-order valence-corrected chi connectivity index (χ0v) is 6.16. The Kier molecular flexibility index (Phi) is 0.883. The zero-order chi connectivity index (χ0) is 6.72. The van der Waals surface area contributed by atoms with E-state index in [4.69, 9.17) is 0 Å². The third-order valence-electron chi connectivity index (χ3n) is 4.14. The maximum absolute atomic E-state index is 9.71. The van der Waals surface area contributed by atoms with Gasteiger partial charge in [0.1, 0.15) is 0 Å². The van der Waals surface area contributed by atoms with E-state index in [9.17, 15) is 5.11 Å². The summed E-state index contributed by atoms with van der Waals surface area (Å²) in [6, 6.07) is 0. The molecule has 0 amide bonds. The molecule has 56 valence electrons.